The van der Waals surface area contributed by atoms with Crippen LogP contribution in [0.3, 0.4) is 0 Å². The van der Waals surface area contributed by atoms with Gasteiger partial charge in [0.05, 0.1) is 13.3 Å². The summed E-state index contributed by atoms with van der Waals surface area (Å²) >= 11 is 6.25. The molecule has 1 aromatic carbocycles. The summed E-state index contributed by atoms with van der Waals surface area (Å²) in [6.07, 6.45) is 3.62. The number of benzene rings is 1. The Labute approximate surface area is 174 Å². The summed E-state index contributed by atoms with van der Waals surface area (Å²) in [4.78, 5) is 8.87. The van der Waals surface area contributed by atoms with Gasteiger partial charge in [0, 0.05) is 29.9 Å². The highest BCUT2D eigenvalue weighted by Gasteiger charge is 2.13. The third-order valence-electron chi connectivity index (χ3n) is 4.78. The van der Waals surface area contributed by atoms with Crippen molar-refractivity contribution in [2.75, 3.05) is 12.4 Å². The molecule has 0 bridgehead atoms. The number of hydrogen-bond acceptors (Lipinski definition) is 5. The molecule has 6 nitrogen and oxygen atoms in total. The maximum atomic E-state index is 6.25. The van der Waals surface area contributed by atoms with Gasteiger partial charge in [0.1, 0.15) is 22.4 Å². The number of nitrogens with one attached hydrogen (secondary N) is 1. The number of nitrogens with zero attached hydrogens (tertiary/aromatic N) is 4. The fraction of sp³-hybridized carbons (Fsp3) is 0.227. The molecule has 7 heteroatoms. The quantitative estimate of drug-likeness (QED) is 0.445. The summed E-state index contributed by atoms with van der Waals surface area (Å²) in [6, 6.07) is 13.8. The first-order valence-electron chi connectivity index (χ1n) is 9.43. The molecule has 0 aliphatic heterocycles. The molecule has 0 radical (unpaired) electrons. The van der Waals surface area contributed by atoms with Gasteiger partial charge in [-0.15, -0.1) is 0 Å². The first-order valence-corrected chi connectivity index (χ1v) is 9.81. The van der Waals surface area contributed by atoms with Gasteiger partial charge in [-0.1, -0.05) is 49.7 Å². The Morgan fingerprint density at radius 3 is 2.69 bits per heavy atom. The van der Waals surface area contributed by atoms with Crippen molar-refractivity contribution in [3.63, 3.8) is 0 Å². The van der Waals surface area contributed by atoms with E-state index in [2.05, 4.69) is 46.4 Å². The number of rotatable bonds is 6. The maximum absolute atomic E-state index is 6.25. The van der Waals surface area contributed by atoms with Crippen LogP contribution < -0.4 is 10.1 Å². The molecular formula is C22H22ClN5O. The molecule has 0 aliphatic rings. The van der Waals surface area contributed by atoms with Gasteiger partial charge in [-0.3, -0.25) is 4.98 Å². The van der Waals surface area contributed by atoms with Crippen molar-refractivity contribution in [2.24, 2.45) is 0 Å². The Hall–Kier alpha value is -3.12. The smallest absolute Gasteiger partial charge is 0.162 e. The van der Waals surface area contributed by atoms with Gasteiger partial charge in [0.15, 0.2) is 5.65 Å². The summed E-state index contributed by atoms with van der Waals surface area (Å²) in [5.74, 6) is 1.89. The van der Waals surface area contributed by atoms with E-state index >= 15 is 0 Å². The van der Waals surface area contributed by atoms with Crippen molar-refractivity contribution in [3.05, 3.63) is 71.1 Å². The Kier molecular flexibility index (Phi) is 5.36. The van der Waals surface area contributed by atoms with Gasteiger partial charge in [-0.2, -0.15) is 9.61 Å². The van der Waals surface area contributed by atoms with Crippen LogP contribution >= 0.6 is 11.6 Å². The van der Waals surface area contributed by atoms with Gasteiger partial charge < -0.3 is 10.1 Å². The van der Waals surface area contributed by atoms with Crippen LogP contribution in [0, 0.1) is 0 Å². The van der Waals surface area contributed by atoms with Crippen LogP contribution in [0.1, 0.15) is 30.9 Å². The van der Waals surface area contributed by atoms with E-state index in [9.17, 15) is 0 Å². The Bertz CT molecular complexity index is 1140. The normalized spacial score (nSPS) is 11.2. The molecule has 1 N–H and O–H groups in total. The Balaban J connectivity index is 1.55. The first-order chi connectivity index (χ1) is 14.1. The molecule has 148 valence electrons. The highest BCUT2D eigenvalue weighted by atomic mass is 35.5. The maximum Gasteiger partial charge on any atom is 0.162 e. The highest BCUT2D eigenvalue weighted by Crippen LogP contribution is 2.28. The number of ether oxygens (including phenoxy) is 1. The number of aromatic nitrogens is 4. The number of anilines is 1. The number of fused-ring (bicyclic) bond motifs is 1. The zero-order valence-corrected chi connectivity index (χ0v) is 17.3. The van der Waals surface area contributed by atoms with Crippen LogP contribution in [0.5, 0.6) is 5.75 Å². The molecule has 0 unspecified atom stereocenters. The van der Waals surface area contributed by atoms with Gasteiger partial charge in [0.25, 0.3) is 0 Å². The molecular weight excluding hydrogens is 386 g/mol. The average molecular weight is 408 g/mol. The summed E-state index contributed by atoms with van der Waals surface area (Å²) in [5.41, 5.74) is 4.82. The lowest BCUT2D eigenvalue weighted by molar-refractivity contribution is 0.415. The highest BCUT2D eigenvalue weighted by molar-refractivity contribution is 6.29. The molecule has 29 heavy (non-hydrogen) atoms. The van der Waals surface area contributed by atoms with Gasteiger partial charge in [-0.05, 0) is 23.6 Å². The van der Waals surface area contributed by atoms with E-state index in [0.717, 1.165) is 39.6 Å². The van der Waals surface area contributed by atoms with Crippen molar-refractivity contribution >= 4 is 23.1 Å². The molecule has 0 saturated heterocycles. The van der Waals surface area contributed by atoms with Gasteiger partial charge in [0.2, 0.25) is 0 Å². The summed E-state index contributed by atoms with van der Waals surface area (Å²) < 4.78 is 7.20. The number of methoxy groups -OCH3 is 1. The van der Waals surface area contributed by atoms with E-state index in [1.807, 2.05) is 30.5 Å². The topological polar surface area (TPSA) is 64.3 Å². The zero-order valence-electron chi connectivity index (χ0n) is 16.6. The minimum absolute atomic E-state index is 0.322. The van der Waals surface area contributed by atoms with E-state index < -0.39 is 0 Å². The third kappa shape index (κ3) is 3.89. The fourth-order valence-electron chi connectivity index (χ4n) is 3.23. The second-order valence-corrected chi connectivity index (χ2v) is 7.45. The average Bonchev–Trinajstić information content (AvgIpc) is 3.16. The van der Waals surface area contributed by atoms with Crippen LogP contribution in [0.4, 0.5) is 5.82 Å². The van der Waals surface area contributed by atoms with E-state index in [1.165, 1.54) is 0 Å². The SMILES string of the molecule is COc1cccnc1-c1ccc(CNc2cc(Cl)nc3c(C(C)C)cnn23)cc1. The Morgan fingerprint density at radius 2 is 1.97 bits per heavy atom. The lowest BCUT2D eigenvalue weighted by Gasteiger charge is -2.11. The number of hydrogen-bond donors (Lipinski definition) is 1. The number of pyridine rings is 1. The van der Waals surface area contributed by atoms with Gasteiger partial charge >= 0.3 is 0 Å². The molecule has 0 spiro atoms. The summed E-state index contributed by atoms with van der Waals surface area (Å²) in [5, 5.41) is 8.34. The number of halogens is 1. The minimum atomic E-state index is 0.322. The predicted molar refractivity (Wildman–Crippen MR) is 116 cm³/mol. The monoisotopic (exact) mass is 407 g/mol. The molecule has 4 aromatic rings. The molecule has 3 aromatic heterocycles. The minimum Gasteiger partial charge on any atom is -0.494 e. The zero-order chi connectivity index (χ0) is 20.4. The van der Waals surface area contributed by atoms with Crippen molar-refractivity contribution in [2.45, 2.75) is 26.3 Å². The lowest BCUT2D eigenvalue weighted by Crippen LogP contribution is -2.06. The molecule has 0 saturated carbocycles. The first kappa shape index (κ1) is 19.2. The predicted octanol–water partition coefficient (Wildman–Crippen LogP) is 5.19. The van der Waals surface area contributed by atoms with Crippen LogP contribution in [0.2, 0.25) is 5.15 Å². The van der Waals surface area contributed by atoms with E-state index in [4.69, 9.17) is 16.3 Å². The lowest BCUT2D eigenvalue weighted by atomic mass is 10.1. The van der Waals surface area contributed by atoms with Crippen LogP contribution in [-0.4, -0.2) is 26.7 Å². The second kappa shape index (κ2) is 8.09. The molecule has 4 rings (SSSR count). The Morgan fingerprint density at radius 1 is 1.17 bits per heavy atom. The van der Waals surface area contributed by atoms with E-state index in [0.29, 0.717) is 17.6 Å². The fourth-order valence-corrected chi connectivity index (χ4v) is 3.41. The summed E-state index contributed by atoms with van der Waals surface area (Å²) in [6.45, 7) is 4.86. The van der Waals surface area contributed by atoms with E-state index in [1.54, 1.807) is 23.9 Å². The molecule has 0 atom stereocenters. The van der Waals surface area contributed by atoms with E-state index in [-0.39, 0.29) is 0 Å². The van der Waals surface area contributed by atoms with Crippen LogP contribution in [-0.2, 0) is 6.54 Å². The molecule has 0 aliphatic carbocycles. The van der Waals surface area contributed by atoms with Crippen molar-refractivity contribution in [1.29, 1.82) is 0 Å². The van der Waals surface area contributed by atoms with Crippen molar-refractivity contribution < 1.29 is 4.74 Å². The third-order valence-corrected chi connectivity index (χ3v) is 4.98. The molecule has 0 fully saturated rings. The van der Waals surface area contributed by atoms with Gasteiger partial charge in [-0.25, -0.2) is 4.98 Å². The molecule has 0 amide bonds. The standard InChI is InChI=1S/C22H22ClN5O/c1-14(2)17-13-26-28-20(11-19(23)27-22(17)28)25-12-15-6-8-16(9-7-15)21-18(29-3)5-4-10-24-21/h4-11,13-14,25H,12H2,1-3H3. The molecule has 3 heterocycles. The van der Waals surface area contributed by atoms with Crippen LogP contribution in [0.15, 0.2) is 54.9 Å². The second-order valence-electron chi connectivity index (χ2n) is 7.06. The summed E-state index contributed by atoms with van der Waals surface area (Å²) in [7, 11) is 1.65. The largest absolute Gasteiger partial charge is 0.494 e. The van der Waals surface area contributed by atoms with Crippen molar-refractivity contribution in [3.8, 4) is 17.0 Å². The van der Waals surface area contributed by atoms with Crippen LogP contribution in [0.25, 0.3) is 16.9 Å². The van der Waals surface area contributed by atoms with Crippen molar-refractivity contribution in [1.82, 2.24) is 19.6 Å².